The van der Waals surface area contributed by atoms with E-state index >= 15 is 0 Å². The molecule has 3 nitrogen and oxygen atoms in total. The number of hydrogen-bond acceptors (Lipinski definition) is 4. The molecule has 4 heteroatoms. The lowest BCUT2D eigenvalue weighted by molar-refractivity contribution is 0.186. The molecule has 0 saturated carbocycles. The maximum atomic E-state index is 5.41. The maximum absolute atomic E-state index is 5.41. The van der Waals surface area contributed by atoms with Gasteiger partial charge in [-0.1, -0.05) is 6.92 Å². The molecule has 0 bridgehead atoms. The predicted octanol–water partition coefficient (Wildman–Crippen LogP) is 2.53. The average Bonchev–Trinajstić information content (AvgIpc) is 2.91. The third kappa shape index (κ3) is 3.76. The Balaban J connectivity index is 1.88. The summed E-state index contributed by atoms with van der Waals surface area (Å²) in [6.07, 6.45) is 3.48. The molecule has 1 aromatic heterocycles. The van der Waals surface area contributed by atoms with Crippen molar-refractivity contribution in [3.63, 3.8) is 0 Å². The lowest BCUT2D eigenvalue weighted by Gasteiger charge is -2.02. The first-order chi connectivity index (χ1) is 8.29. The second kappa shape index (κ2) is 6.47. The number of hydrogen-bond donors (Lipinski definition) is 1. The summed E-state index contributed by atoms with van der Waals surface area (Å²) in [5, 5.41) is 4.73. The van der Waals surface area contributed by atoms with Crippen LogP contribution < -0.4 is 5.32 Å². The van der Waals surface area contributed by atoms with Crippen LogP contribution in [0.1, 0.15) is 35.3 Å². The number of ether oxygens (including phenoxy) is 1. The molecule has 1 saturated heterocycles. The standard InChI is InChI=1S/C13H22N2OS/c1-3-5-14-8-12-10(2)15-13(17-12)7-11-4-6-16-9-11/h11,14H,3-9H2,1-2H3. The van der Waals surface area contributed by atoms with Crippen LogP contribution in [0.15, 0.2) is 0 Å². The summed E-state index contributed by atoms with van der Waals surface area (Å²) in [6.45, 7) is 8.22. The summed E-state index contributed by atoms with van der Waals surface area (Å²) < 4.78 is 5.41. The number of rotatable bonds is 6. The molecule has 1 N–H and O–H groups in total. The quantitative estimate of drug-likeness (QED) is 0.792. The fraction of sp³-hybridized carbons (Fsp3) is 0.769. The van der Waals surface area contributed by atoms with E-state index in [2.05, 4.69) is 24.1 Å². The minimum absolute atomic E-state index is 0.692. The van der Waals surface area contributed by atoms with Crippen molar-refractivity contribution in [2.45, 2.75) is 39.7 Å². The van der Waals surface area contributed by atoms with Crippen molar-refractivity contribution in [1.82, 2.24) is 10.3 Å². The van der Waals surface area contributed by atoms with E-state index in [0.717, 1.165) is 32.7 Å². The Labute approximate surface area is 108 Å². The van der Waals surface area contributed by atoms with Crippen molar-refractivity contribution >= 4 is 11.3 Å². The van der Waals surface area contributed by atoms with Gasteiger partial charge in [0.15, 0.2) is 0 Å². The molecule has 1 aromatic rings. The van der Waals surface area contributed by atoms with E-state index in [1.807, 2.05) is 11.3 Å². The van der Waals surface area contributed by atoms with E-state index in [-0.39, 0.29) is 0 Å². The second-order valence-electron chi connectivity index (χ2n) is 4.73. The Bertz CT molecular complexity index is 345. The van der Waals surface area contributed by atoms with E-state index in [1.54, 1.807) is 0 Å². The first-order valence-corrected chi connectivity index (χ1v) is 7.35. The van der Waals surface area contributed by atoms with Gasteiger partial charge < -0.3 is 10.1 Å². The summed E-state index contributed by atoms with van der Waals surface area (Å²) in [4.78, 5) is 6.07. The van der Waals surface area contributed by atoms with Gasteiger partial charge in [-0.25, -0.2) is 4.98 Å². The first kappa shape index (κ1) is 13.0. The fourth-order valence-corrected chi connectivity index (χ4v) is 3.26. The third-order valence-electron chi connectivity index (χ3n) is 3.14. The van der Waals surface area contributed by atoms with Gasteiger partial charge in [0.05, 0.1) is 10.7 Å². The number of aromatic nitrogens is 1. The molecule has 0 aliphatic carbocycles. The van der Waals surface area contributed by atoms with E-state index < -0.39 is 0 Å². The van der Waals surface area contributed by atoms with E-state index in [9.17, 15) is 0 Å². The Morgan fingerprint density at radius 1 is 1.53 bits per heavy atom. The minimum Gasteiger partial charge on any atom is -0.381 e. The molecule has 1 unspecified atom stereocenters. The van der Waals surface area contributed by atoms with Crippen LogP contribution in [0, 0.1) is 12.8 Å². The van der Waals surface area contributed by atoms with Crippen LogP contribution in [0.4, 0.5) is 0 Å². The zero-order valence-electron chi connectivity index (χ0n) is 10.8. The molecule has 2 rings (SSSR count). The smallest absolute Gasteiger partial charge is 0.0935 e. The van der Waals surface area contributed by atoms with Crippen molar-refractivity contribution in [2.75, 3.05) is 19.8 Å². The zero-order chi connectivity index (χ0) is 12.1. The molecule has 0 spiro atoms. The summed E-state index contributed by atoms with van der Waals surface area (Å²) >= 11 is 1.87. The van der Waals surface area contributed by atoms with Gasteiger partial charge in [0.1, 0.15) is 0 Å². The van der Waals surface area contributed by atoms with Gasteiger partial charge in [-0.2, -0.15) is 0 Å². The molecular weight excluding hydrogens is 232 g/mol. The van der Waals surface area contributed by atoms with E-state index in [1.165, 1.54) is 28.4 Å². The zero-order valence-corrected chi connectivity index (χ0v) is 11.6. The minimum atomic E-state index is 0.692. The van der Waals surface area contributed by atoms with Crippen molar-refractivity contribution in [3.05, 3.63) is 15.6 Å². The molecule has 0 amide bonds. The highest BCUT2D eigenvalue weighted by molar-refractivity contribution is 7.11. The van der Waals surface area contributed by atoms with Crippen molar-refractivity contribution in [3.8, 4) is 0 Å². The Morgan fingerprint density at radius 2 is 2.41 bits per heavy atom. The van der Waals surface area contributed by atoms with Crippen LogP contribution in [0.3, 0.4) is 0 Å². The highest BCUT2D eigenvalue weighted by atomic mass is 32.1. The molecule has 1 aliphatic rings. The Morgan fingerprint density at radius 3 is 3.12 bits per heavy atom. The molecule has 2 heterocycles. The van der Waals surface area contributed by atoms with Crippen LogP contribution >= 0.6 is 11.3 Å². The normalized spacial score (nSPS) is 20.0. The van der Waals surface area contributed by atoms with Gasteiger partial charge >= 0.3 is 0 Å². The van der Waals surface area contributed by atoms with Crippen LogP contribution in [0.2, 0.25) is 0 Å². The molecule has 0 radical (unpaired) electrons. The monoisotopic (exact) mass is 254 g/mol. The first-order valence-electron chi connectivity index (χ1n) is 6.53. The molecule has 1 fully saturated rings. The summed E-state index contributed by atoms with van der Waals surface area (Å²) in [6, 6.07) is 0. The summed E-state index contributed by atoms with van der Waals surface area (Å²) in [7, 11) is 0. The Kier molecular flexibility index (Phi) is 4.95. The number of aryl methyl sites for hydroxylation is 1. The van der Waals surface area contributed by atoms with E-state index in [0.29, 0.717) is 5.92 Å². The number of thiazole rings is 1. The van der Waals surface area contributed by atoms with Gasteiger partial charge in [-0.15, -0.1) is 11.3 Å². The lowest BCUT2D eigenvalue weighted by Crippen LogP contribution is -2.13. The van der Waals surface area contributed by atoms with Crippen LogP contribution in [0.25, 0.3) is 0 Å². The predicted molar refractivity (Wildman–Crippen MR) is 71.5 cm³/mol. The van der Waals surface area contributed by atoms with E-state index in [4.69, 9.17) is 4.74 Å². The van der Waals surface area contributed by atoms with Gasteiger partial charge in [-0.05, 0) is 32.2 Å². The molecular formula is C13H22N2OS. The van der Waals surface area contributed by atoms with Crippen molar-refractivity contribution in [1.29, 1.82) is 0 Å². The van der Waals surface area contributed by atoms with Gasteiger partial charge in [0.25, 0.3) is 0 Å². The van der Waals surface area contributed by atoms with Gasteiger partial charge in [0, 0.05) is 31.1 Å². The Hall–Kier alpha value is -0.450. The van der Waals surface area contributed by atoms with Crippen molar-refractivity contribution in [2.24, 2.45) is 5.92 Å². The molecule has 1 atom stereocenters. The molecule has 1 aliphatic heterocycles. The highest BCUT2D eigenvalue weighted by Crippen LogP contribution is 2.24. The number of nitrogens with zero attached hydrogens (tertiary/aromatic N) is 1. The number of nitrogens with one attached hydrogen (secondary N) is 1. The van der Waals surface area contributed by atoms with Crippen molar-refractivity contribution < 1.29 is 4.74 Å². The van der Waals surface area contributed by atoms with Crippen LogP contribution in [-0.2, 0) is 17.7 Å². The molecule has 17 heavy (non-hydrogen) atoms. The average molecular weight is 254 g/mol. The maximum Gasteiger partial charge on any atom is 0.0935 e. The third-order valence-corrected chi connectivity index (χ3v) is 4.32. The molecule has 0 aromatic carbocycles. The second-order valence-corrected chi connectivity index (χ2v) is 5.89. The highest BCUT2D eigenvalue weighted by Gasteiger charge is 2.18. The molecule has 96 valence electrons. The van der Waals surface area contributed by atoms with Crippen LogP contribution in [-0.4, -0.2) is 24.7 Å². The van der Waals surface area contributed by atoms with Gasteiger partial charge in [-0.3, -0.25) is 0 Å². The summed E-state index contributed by atoms with van der Waals surface area (Å²) in [5.74, 6) is 0.692. The fourth-order valence-electron chi connectivity index (χ4n) is 2.11. The largest absolute Gasteiger partial charge is 0.381 e. The summed E-state index contributed by atoms with van der Waals surface area (Å²) in [5.41, 5.74) is 1.20. The SMILES string of the molecule is CCCNCc1sc(CC2CCOC2)nc1C. The van der Waals surface area contributed by atoms with Gasteiger partial charge in [0.2, 0.25) is 0 Å². The lowest BCUT2D eigenvalue weighted by atomic mass is 10.1. The topological polar surface area (TPSA) is 34.1 Å². The van der Waals surface area contributed by atoms with Crippen LogP contribution in [0.5, 0.6) is 0 Å².